The van der Waals surface area contributed by atoms with Crippen LogP contribution in [0.2, 0.25) is 0 Å². The lowest BCUT2D eigenvalue weighted by Gasteiger charge is -2.28. The van der Waals surface area contributed by atoms with Gasteiger partial charge in [0.2, 0.25) is 11.8 Å². The van der Waals surface area contributed by atoms with Crippen molar-refractivity contribution in [3.05, 3.63) is 71.3 Å². The van der Waals surface area contributed by atoms with Gasteiger partial charge in [-0.25, -0.2) is 0 Å². The van der Waals surface area contributed by atoms with Gasteiger partial charge in [-0.1, -0.05) is 203 Å². The Morgan fingerprint density at radius 1 is 0.632 bits per heavy atom. The number of rotatable bonds is 45. The van der Waals surface area contributed by atoms with Crippen LogP contribution in [0.15, 0.2) is 54.6 Å². The standard InChI is InChI=1S/C62H100N3O10P/c1-5-6-7-8-9-10-11-13-16-19-22-25-28-43-61(68)72-50-53(51-74-76(70,71)73-47-46-65(2,3)4)75-62(69)44-29-26-23-20-17-14-12-15-18-21-24-27-36-45-63-59(66)41-34-35-42-60(67)64-49-52-37-30-31-38-54(52)56-48-57(56)55-39-32-33-40-58(55)64/h30-33,37-40,48,53,57H,5-29,34-36,41-47,49-51H2,1-4H3,(H-,63,66,70,71). The number of carbonyl (C=O) groups excluding carboxylic acids is 4. The van der Waals surface area contributed by atoms with Crippen LogP contribution in [0.25, 0.3) is 5.57 Å². The van der Waals surface area contributed by atoms with Crippen molar-refractivity contribution in [2.45, 2.75) is 231 Å². The van der Waals surface area contributed by atoms with E-state index in [-0.39, 0.29) is 43.8 Å². The molecule has 1 heterocycles. The van der Waals surface area contributed by atoms with Gasteiger partial charge in [0.15, 0.2) is 6.10 Å². The van der Waals surface area contributed by atoms with Gasteiger partial charge in [0.1, 0.15) is 19.8 Å². The van der Waals surface area contributed by atoms with Crippen LogP contribution in [0.5, 0.6) is 0 Å². The smallest absolute Gasteiger partial charge is 0.306 e. The molecule has 13 nitrogen and oxygen atoms in total. The number of hydrogen-bond donors (Lipinski definition) is 1. The van der Waals surface area contributed by atoms with E-state index in [1.165, 1.54) is 125 Å². The van der Waals surface area contributed by atoms with Crippen LogP contribution in [0.4, 0.5) is 5.69 Å². The van der Waals surface area contributed by atoms with Gasteiger partial charge in [-0.2, -0.15) is 0 Å². The number of allylic oxidation sites excluding steroid dienone is 2. The molecular weight excluding hydrogens is 978 g/mol. The predicted molar refractivity (Wildman–Crippen MR) is 304 cm³/mol. The molecule has 0 saturated heterocycles. The van der Waals surface area contributed by atoms with E-state index in [9.17, 15) is 28.6 Å². The van der Waals surface area contributed by atoms with Gasteiger partial charge >= 0.3 is 11.9 Å². The second-order valence-corrected chi connectivity index (χ2v) is 24.0. The highest BCUT2D eigenvalue weighted by molar-refractivity contribution is 7.45. The molecule has 0 bridgehead atoms. The molecule has 2 aliphatic rings. The maximum atomic E-state index is 13.6. The zero-order valence-electron chi connectivity index (χ0n) is 47.6. The number of esters is 2. The summed E-state index contributed by atoms with van der Waals surface area (Å²) in [7, 11) is 1.12. The summed E-state index contributed by atoms with van der Waals surface area (Å²) in [5.74, 6) is -0.421. The van der Waals surface area contributed by atoms with Crippen LogP contribution in [0, 0.1) is 0 Å². The Kier molecular flexibility index (Phi) is 32.2. The highest BCUT2D eigenvalue weighted by Crippen LogP contribution is 2.52. The van der Waals surface area contributed by atoms with Crippen molar-refractivity contribution in [1.29, 1.82) is 0 Å². The predicted octanol–water partition coefficient (Wildman–Crippen LogP) is 14.0. The number of amides is 2. The Balaban J connectivity index is 0.959. The zero-order valence-corrected chi connectivity index (χ0v) is 48.5. The van der Waals surface area contributed by atoms with Crippen LogP contribution < -0.4 is 15.1 Å². The molecule has 1 aliphatic heterocycles. The number of likely N-dealkylation sites (N-methyl/N-ethyl adjacent to an activating group) is 1. The lowest BCUT2D eigenvalue weighted by molar-refractivity contribution is -0.870. The van der Waals surface area contributed by atoms with Gasteiger partial charge in [-0.15, -0.1) is 0 Å². The third-order valence-electron chi connectivity index (χ3n) is 14.7. The maximum Gasteiger partial charge on any atom is 0.306 e. The molecule has 0 spiro atoms. The average Bonchev–Trinajstić information content (AvgIpc) is 4.25. The van der Waals surface area contributed by atoms with Crippen LogP contribution in [0.1, 0.15) is 235 Å². The molecule has 428 valence electrons. The van der Waals surface area contributed by atoms with Crippen molar-refractivity contribution in [2.75, 3.05) is 59.0 Å². The molecule has 1 N–H and O–H groups in total. The van der Waals surface area contributed by atoms with Crippen LogP contribution in [-0.4, -0.2) is 88.4 Å². The van der Waals surface area contributed by atoms with E-state index in [1.54, 1.807) is 0 Å². The fourth-order valence-electron chi connectivity index (χ4n) is 9.96. The topological polar surface area (TPSA) is 161 Å². The number of hydrogen-bond acceptors (Lipinski definition) is 10. The van der Waals surface area contributed by atoms with E-state index in [2.05, 4.69) is 48.6 Å². The van der Waals surface area contributed by atoms with Gasteiger partial charge in [-0.3, -0.25) is 23.7 Å². The van der Waals surface area contributed by atoms with Crippen molar-refractivity contribution >= 4 is 42.8 Å². The number of anilines is 1. The fourth-order valence-corrected chi connectivity index (χ4v) is 10.7. The fraction of sp³-hybridized carbons (Fsp3) is 0.710. The molecule has 3 unspecified atom stereocenters. The number of quaternary nitrogens is 1. The first-order valence-electron chi connectivity index (χ1n) is 30.0. The molecule has 76 heavy (non-hydrogen) atoms. The molecule has 0 radical (unpaired) electrons. The second kappa shape index (κ2) is 37.9. The number of fused-ring (bicyclic) bond motifs is 5. The summed E-state index contributed by atoms with van der Waals surface area (Å²) in [4.78, 5) is 65.9. The third kappa shape index (κ3) is 28.7. The molecular formula is C62H100N3O10P. The van der Waals surface area contributed by atoms with Gasteiger partial charge in [0.25, 0.3) is 7.82 Å². The van der Waals surface area contributed by atoms with Gasteiger partial charge in [0, 0.05) is 43.8 Å². The molecule has 0 aromatic heterocycles. The number of carbonyl (C=O) groups is 4. The highest BCUT2D eigenvalue weighted by atomic mass is 31.2. The van der Waals surface area contributed by atoms with E-state index in [4.69, 9.17) is 18.5 Å². The molecule has 2 aromatic carbocycles. The normalized spacial score (nSPS) is 15.0. The summed E-state index contributed by atoms with van der Waals surface area (Å²) in [6, 6.07) is 16.7. The lowest BCUT2D eigenvalue weighted by atomic mass is 9.94. The number of phosphoric acid groups is 1. The first-order chi connectivity index (χ1) is 36.8. The van der Waals surface area contributed by atoms with Crippen molar-refractivity contribution in [1.82, 2.24) is 5.32 Å². The number of ether oxygens (including phenoxy) is 2. The molecule has 0 fully saturated rings. The summed E-state index contributed by atoms with van der Waals surface area (Å²) in [5.41, 5.74) is 5.97. The van der Waals surface area contributed by atoms with Crippen LogP contribution >= 0.6 is 7.82 Å². The Hall–Kier alpha value is -3.87. The monoisotopic (exact) mass is 1080 g/mol. The molecule has 0 saturated carbocycles. The lowest BCUT2D eigenvalue weighted by Crippen LogP contribution is -2.37. The summed E-state index contributed by atoms with van der Waals surface area (Å²) in [6.45, 7) is 3.16. The SMILES string of the molecule is CCCCCCCCCCCCCCCC(=O)OCC(COP(=O)([O-])OCC[N+](C)(C)C)OC(=O)CCCCCCCCCCCCCCCNC(=O)CCCCC(=O)N1Cc2ccccc2C2=CC2c2ccccc21. The summed E-state index contributed by atoms with van der Waals surface area (Å²) < 4.78 is 34.1. The number of para-hydroxylation sites is 1. The number of benzene rings is 2. The number of unbranched alkanes of at least 4 members (excludes halogenated alkanes) is 25. The molecule has 2 amide bonds. The molecule has 1 aliphatic carbocycles. The molecule has 4 rings (SSSR count). The Morgan fingerprint density at radius 2 is 1.14 bits per heavy atom. The minimum atomic E-state index is -4.65. The molecule has 3 atom stereocenters. The van der Waals surface area contributed by atoms with Crippen molar-refractivity contribution in [3.8, 4) is 0 Å². The van der Waals surface area contributed by atoms with E-state index in [0.717, 1.165) is 63.5 Å². The Morgan fingerprint density at radius 3 is 1.75 bits per heavy atom. The van der Waals surface area contributed by atoms with Crippen molar-refractivity contribution in [2.24, 2.45) is 0 Å². The largest absolute Gasteiger partial charge is 0.756 e. The minimum absolute atomic E-state index is 0.0459. The summed E-state index contributed by atoms with van der Waals surface area (Å²) >= 11 is 0. The van der Waals surface area contributed by atoms with Crippen LogP contribution in [-0.2, 0) is 48.8 Å². The summed E-state index contributed by atoms with van der Waals surface area (Å²) in [6.07, 6.45) is 33.9. The van der Waals surface area contributed by atoms with Gasteiger partial charge < -0.3 is 38.1 Å². The quantitative estimate of drug-likeness (QED) is 0.0293. The van der Waals surface area contributed by atoms with E-state index in [0.29, 0.717) is 56.2 Å². The Bertz CT molecular complexity index is 2050. The zero-order chi connectivity index (χ0) is 54.7. The Labute approximate surface area is 459 Å². The van der Waals surface area contributed by atoms with E-state index < -0.39 is 32.5 Å². The number of nitrogens with zero attached hydrogens (tertiary/aromatic N) is 2. The first kappa shape index (κ1) is 64.7. The second-order valence-electron chi connectivity index (χ2n) is 22.6. The van der Waals surface area contributed by atoms with Gasteiger partial charge in [-0.05, 0) is 60.4 Å². The van der Waals surface area contributed by atoms with Crippen molar-refractivity contribution in [3.63, 3.8) is 0 Å². The number of phosphoric ester groups is 1. The van der Waals surface area contributed by atoms with E-state index >= 15 is 0 Å². The third-order valence-corrected chi connectivity index (χ3v) is 15.6. The van der Waals surface area contributed by atoms with E-state index in [1.807, 2.05) is 44.2 Å². The van der Waals surface area contributed by atoms with Crippen LogP contribution in [0.3, 0.4) is 0 Å². The minimum Gasteiger partial charge on any atom is -0.756 e. The highest BCUT2D eigenvalue weighted by Gasteiger charge is 2.35. The first-order valence-corrected chi connectivity index (χ1v) is 31.4. The average molecular weight is 1080 g/mol. The van der Waals surface area contributed by atoms with Crippen molar-refractivity contribution < 1.29 is 51.6 Å². The molecule has 2 aromatic rings. The number of nitrogens with one attached hydrogen (secondary N) is 1. The maximum absolute atomic E-state index is 13.6. The molecule has 14 heteroatoms. The van der Waals surface area contributed by atoms with Gasteiger partial charge in [0.05, 0.1) is 34.3 Å². The summed E-state index contributed by atoms with van der Waals surface area (Å²) in [5, 5.41) is 3.08.